The molecular weight excluding hydrogens is 212 g/mol. The highest BCUT2D eigenvalue weighted by molar-refractivity contribution is 5.30. The summed E-state index contributed by atoms with van der Waals surface area (Å²) >= 11 is 0. The highest BCUT2D eigenvalue weighted by atomic mass is 19.3. The van der Waals surface area contributed by atoms with Gasteiger partial charge in [-0.15, -0.1) is 0 Å². The van der Waals surface area contributed by atoms with Crippen LogP contribution in [0.5, 0.6) is 5.75 Å². The molecule has 16 heavy (non-hydrogen) atoms. The molecule has 0 bridgehead atoms. The fourth-order valence-electron chi connectivity index (χ4n) is 2.04. The molecule has 0 amide bonds. The van der Waals surface area contributed by atoms with Gasteiger partial charge in [-0.05, 0) is 37.1 Å². The molecule has 2 nitrogen and oxygen atoms in total. The van der Waals surface area contributed by atoms with Crippen LogP contribution in [-0.4, -0.2) is 13.2 Å². The number of nitrogens with one attached hydrogen (secondary N) is 1. The van der Waals surface area contributed by atoms with Crippen molar-refractivity contribution in [1.82, 2.24) is 5.32 Å². The van der Waals surface area contributed by atoms with Crippen LogP contribution < -0.4 is 10.1 Å². The zero-order valence-electron chi connectivity index (χ0n) is 8.96. The molecule has 1 fully saturated rings. The molecule has 0 aromatic heterocycles. The average molecular weight is 227 g/mol. The summed E-state index contributed by atoms with van der Waals surface area (Å²) in [6.45, 7) is -1.76. The smallest absolute Gasteiger partial charge is 0.387 e. The van der Waals surface area contributed by atoms with E-state index in [1.807, 2.05) is 6.07 Å². The van der Waals surface area contributed by atoms with Crippen molar-refractivity contribution in [2.24, 2.45) is 0 Å². The zero-order chi connectivity index (χ0) is 11.4. The third-order valence-corrected chi connectivity index (χ3v) is 2.80. The summed E-state index contributed by atoms with van der Waals surface area (Å²) in [6, 6.07) is 7.22. The molecule has 0 radical (unpaired) electrons. The third kappa shape index (κ3) is 2.92. The maximum absolute atomic E-state index is 12.1. The van der Waals surface area contributed by atoms with Crippen LogP contribution >= 0.6 is 0 Å². The fourth-order valence-corrected chi connectivity index (χ4v) is 2.04. The second-order valence-electron chi connectivity index (χ2n) is 3.95. The lowest BCUT2D eigenvalue weighted by Gasteiger charge is -2.24. The monoisotopic (exact) mass is 227 g/mol. The first-order chi connectivity index (χ1) is 7.75. The molecule has 2 rings (SSSR count). The molecule has 88 valence electrons. The number of benzene rings is 1. The summed E-state index contributed by atoms with van der Waals surface area (Å²) in [4.78, 5) is 0. The van der Waals surface area contributed by atoms with Crippen LogP contribution in [0.2, 0.25) is 0 Å². The second kappa shape index (κ2) is 5.25. The SMILES string of the molecule is FC(F)Oc1cccc([C@H]2CCCCN2)c1. The normalized spacial score (nSPS) is 21.1. The van der Waals surface area contributed by atoms with Gasteiger partial charge in [-0.2, -0.15) is 8.78 Å². The largest absolute Gasteiger partial charge is 0.435 e. The van der Waals surface area contributed by atoms with Crippen LogP contribution in [0.4, 0.5) is 8.78 Å². The summed E-state index contributed by atoms with van der Waals surface area (Å²) < 4.78 is 28.5. The Morgan fingerprint density at radius 3 is 2.88 bits per heavy atom. The van der Waals surface area contributed by atoms with Gasteiger partial charge in [0.2, 0.25) is 0 Å². The van der Waals surface area contributed by atoms with E-state index in [4.69, 9.17) is 0 Å². The number of piperidine rings is 1. The molecule has 1 heterocycles. The van der Waals surface area contributed by atoms with Gasteiger partial charge in [-0.1, -0.05) is 18.6 Å². The van der Waals surface area contributed by atoms with Crippen LogP contribution in [0.3, 0.4) is 0 Å². The number of alkyl halides is 2. The van der Waals surface area contributed by atoms with E-state index in [0.717, 1.165) is 18.5 Å². The molecular formula is C12H15F2NO. The first kappa shape index (κ1) is 11.3. The maximum Gasteiger partial charge on any atom is 0.387 e. The van der Waals surface area contributed by atoms with Gasteiger partial charge in [0.25, 0.3) is 0 Å². The van der Waals surface area contributed by atoms with Gasteiger partial charge < -0.3 is 10.1 Å². The molecule has 0 aliphatic carbocycles. The standard InChI is InChI=1S/C12H15F2NO/c13-12(14)16-10-5-3-4-9(8-10)11-6-1-2-7-15-11/h3-5,8,11-12,15H,1-2,6-7H2/t11-/m1/s1. The Bertz CT molecular complexity index is 338. The first-order valence-corrected chi connectivity index (χ1v) is 5.54. The Kier molecular flexibility index (Phi) is 3.72. The molecule has 1 atom stereocenters. The lowest BCUT2D eigenvalue weighted by Crippen LogP contribution is -2.26. The molecule has 1 saturated heterocycles. The third-order valence-electron chi connectivity index (χ3n) is 2.80. The number of hydrogen-bond donors (Lipinski definition) is 1. The van der Waals surface area contributed by atoms with Crippen LogP contribution in [0.25, 0.3) is 0 Å². The number of ether oxygens (including phenoxy) is 1. The van der Waals surface area contributed by atoms with E-state index in [-0.39, 0.29) is 11.8 Å². The van der Waals surface area contributed by atoms with Gasteiger partial charge in [0.05, 0.1) is 0 Å². The lowest BCUT2D eigenvalue weighted by molar-refractivity contribution is -0.0499. The zero-order valence-corrected chi connectivity index (χ0v) is 8.96. The van der Waals surface area contributed by atoms with Crippen molar-refractivity contribution in [1.29, 1.82) is 0 Å². The Hall–Kier alpha value is -1.16. The molecule has 1 aliphatic rings. The van der Waals surface area contributed by atoms with E-state index < -0.39 is 6.61 Å². The van der Waals surface area contributed by atoms with E-state index >= 15 is 0 Å². The van der Waals surface area contributed by atoms with E-state index in [2.05, 4.69) is 10.1 Å². The quantitative estimate of drug-likeness (QED) is 0.856. The van der Waals surface area contributed by atoms with Gasteiger partial charge in [0.1, 0.15) is 5.75 Å². The summed E-state index contributed by atoms with van der Waals surface area (Å²) in [7, 11) is 0. The molecule has 0 unspecified atom stereocenters. The van der Waals surface area contributed by atoms with Crippen molar-refractivity contribution in [3.8, 4) is 5.75 Å². The Morgan fingerprint density at radius 1 is 1.31 bits per heavy atom. The minimum atomic E-state index is -2.76. The summed E-state index contributed by atoms with van der Waals surface area (Å²) in [5, 5.41) is 3.37. The maximum atomic E-state index is 12.1. The van der Waals surface area contributed by atoms with Gasteiger partial charge >= 0.3 is 6.61 Å². The predicted octanol–water partition coefficient (Wildman–Crippen LogP) is 3.10. The topological polar surface area (TPSA) is 21.3 Å². The molecule has 1 N–H and O–H groups in total. The Labute approximate surface area is 93.6 Å². The molecule has 4 heteroatoms. The summed E-state index contributed by atoms with van der Waals surface area (Å²) in [5.41, 5.74) is 1.03. The van der Waals surface area contributed by atoms with Crippen molar-refractivity contribution in [3.05, 3.63) is 29.8 Å². The number of rotatable bonds is 3. The van der Waals surface area contributed by atoms with E-state index in [0.29, 0.717) is 0 Å². The molecule has 0 saturated carbocycles. The Morgan fingerprint density at radius 2 is 2.19 bits per heavy atom. The van der Waals surface area contributed by atoms with Crippen LogP contribution in [-0.2, 0) is 0 Å². The predicted molar refractivity (Wildman–Crippen MR) is 57.7 cm³/mol. The summed E-state index contributed by atoms with van der Waals surface area (Å²) in [6.07, 6.45) is 3.42. The Balaban J connectivity index is 2.08. The average Bonchev–Trinajstić information content (AvgIpc) is 2.30. The highest BCUT2D eigenvalue weighted by Gasteiger charge is 2.15. The van der Waals surface area contributed by atoms with Crippen LogP contribution in [0.15, 0.2) is 24.3 Å². The van der Waals surface area contributed by atoms with Gasteiger partial charge in [-0.3, -0.25) is 0 Å². The second-order valence-corrected chi connectivity index (χ2v) is 3.95. The molecule has 1 aliphatic heterocycles. The molecule has 0 spiro atoms. The van der Waals surface area contributed by atoms with Crippen molar-refractivity contribution in [2.75, 3.05) is 6.54 Å². The lowest BCUT2D eigenvalue weighted by atomic mass is 9.97. The van der Waals surface area contributed by atoms with Crippen molar-refractivity contribution >= 4 is 0 Å². The van der Waals surface area contributed by atoms with Gasteiger partial charge in [0, 0.05) is 6.04 Å². The summed E-state index contributed by atoms with van der Waals surface area (Å²) in [5.74, 6) is 0.236. The minimum Gasteiger partial charge on any atom is -0.435 e. The van der Waals surface area contributed by atoms with Crippen LogP contribution in [0, 0.1) is 0 Å². The number of halogens is 2. The van der Waals surface area contributed by atoms with Crippen molar-refractivity contribution < 1.29 is 13.5 Å². The van der Waals surface area contributed by atoms with Crippen LogP contribution in [0.1, 0.15) is 30.9 Å². The highest BCUT2D eigenvalue weighted by Crippen LogP contribution is 2.26. The van der Waals surface area contributed by atoms with E-state index in [1.54, 1.807) is 18.2 Å². The van der Waals surface area contributed by atoms with Gasteiger partial charge in [-0.25, -0.2) is 0 Å². The van der Waals surface area contributed by atoms with Gasteiger partial charge in [0.15, 0.2) is 0 Å². The van der Waals surface area contributed by atoms with E-state index in [9.17, 15) is 8.78 Å². The first-order valence-electron chi connectivity index (χ1n) is 5.54. The van der Waals surface area contributed by atoms with Crippen molar-refractivity contribution in [2.45, 2.75) is 31.9 Å². The fraction of sp³-hybridized carbons (Fsp3) is 0.500. The molecule has 1 aromatic rings. The van der Waals surface area contributed by atoms with E-state index in [1.165, 1.54) is 12.8 Å². The minimum absolute atomic E-state index is 0.236. The van der Waals surface area contributed by atoms with Crippen molar-refractivity contribution in [3.63, 3.8) is 0 Å². The molecule has 1 aromatic carbocycles. The number of hydrogen-bond acceptors (Lipinski definition) is 2.